The van der Waals surface area contributed by atoms with Crippen molar-refractivity contribution in [1.29, 1.82) is 0 Å². The first-order chi connectivity index (χ1) is 8.72. The van der Waals surface area contributed by atoms with Crippen LogP contribution in [0, 0.1) is 6.92 Å². The fraction of sp³-hybridized carbons (Fsp3) is 0.500. The molecule has 3 rings (SSSR count). The summed E-state index contributed by atoms with van der Waals surface area (Å²) in [5, 5.41) is 0. The van der Waals surface area contributed by atoms with E-state index in [4.69, 9.17) is 9.47 Å². The summed E-state index contributed by atoms with van der Waals surface area (Å²) in [4.78, 5) is 8.74. The molecule has 0 saturated carbocycles. The van der Waals surface area contributed by atoms with Gasteiger partial charge in [0, 0.05) is 19.0 Å². The highest BCUT2D eigenvalue weighted by Gasteiger charge is 2.18. The Morgan fingerprint density at radius 1 is 1.50 bits per heavy atom. The van der Waals surface area contributed by atoms with E-state index in [9.17, 15) is 0 Å². The molecule has 1 fully saturated rings. The van der Waals surface area contributed by atoms with Crippen LogP contribution in [-0.4, -0.2) is 33.7 Å². The van der Waals surface area contributed by atoms with E-state index >= 15 is 0 Å². The summed E-state index contributed by atoms with van der Waals surface area (Å²) in [5.41, 5.74) is 1.69. The number of aromatic nitrogens is 3. The standard InChI is InChI=1S/C12H14BrN3O2/c1-8-5-16-6-10(13)15-12(11(16)14-8)18-7-9-3-2-4-17-9/h5-6,9H,2-4,7H2,1H3. The molecule has 18 heavy (non-hydrogen) atoms. The van der Waals surface area contributed by atoms with Crippen molar-refractivity contribution >= 4 is 21.6 Å². The van der Waals surface area contributed by atoms with Crippen LogP contribution in [0.4, 0.5) is 0 Å². The second-order valence-corrected chi connectivity index (χ2v) is 5.24. The zero-order chi connectivity index (χ0) is 12.5. The number of hydrogen-bond acceptors (Lipinski definition) is 4. The highest BCUT2D eigenvalue weighted by Crippen LogP contribution is 2.21. The van der Waals surface area contributed by atoms with Gasteiger partial charge >= 0.3 is 0 Å². The molecule has 2 aromatic heterocycles. The van der Waals surface area contributed by atoms with E-state index in [0.29, 0.717) is 12.5 Å². The summed E-state index contributed by atoms with van der Waals surface area (Å²) >= 11 is 3.38. The van der Waals surface area contributed by atoms with Crippen LogP contribution in [0.1, 0.15) is 18.5 Å². The van der Waals surface area contributed by atoms with Crippen LogP contribution in [0.25, 0.3) is 5.65 Å². The molecule has 1 aliphatic rings. The second-order valence-electron chi connectivity index (χ2n) is 4.43. The molecular formula is C12H14BrN3O2. The minimum atomic E-state index is 0.182. The van der Waals surface area contributed by atoms with Crippen LogP contribution >= 0.6 is 15.9 Å². The molecule has 96 valence electrons. The average Bonchev–Trinajstić information content (AvgIpc) is 2.93. The molecule has 0 spiro atoms. The summed E-state index contributed by atoms with van der Waals surface area (Å²) in [5.74, 6) is 0.549. The Morgan fingerprint density at radius 3 is 3.17 bits per heavy atom. The van der Waals surface area contributed by atoms with Gasteiger partial charge in [-0.3, -0.25) is 4.40 Å². The van der Waals surface area contributed by atoms with Crippen LogP contribution in [0.15, 0.2) is 17.0 Å². The van der Waals surface area contributed by atoms with Crippen molar-refractivity contribution in [2.75, 3.05) is 13.2 Å². The van der Waals surface area contributed by atoms with E-state index in [2.05, 4.69) is 25.9 Å². The molecule has 0 aliphatic carbocycles. The maximum absolute atomic E-state index is 5.75. The predicted molar refractivity (Wildman–Crippen MR) is 69.9 cm³/mol. The Kier molecular flexibility index (Phi) is 3.22. The van der Waals surface area contributed by atoms with Gasteiger partial charge in [-0.15, -0.1) is 0 Å². The highest BCUT2D eigenvalue weighted by atomic mass is 79.9. The minimum absolute atomic E-state index is 0.182. The van der Waals surface area contributed by atoms with Crippen molar-refractivity contribution < 1.29 is 9.47 Å². The molecule has 1 atom stereocenters. The van der Waals surface area contributed by atoms with E-state index in [0.717, 1.165) is 35.4 Å². The Morgan fingerprint density at radius 2 is 2.39 bits per heavy atom. The van der Waals surface area contributed by atoms with Gasteiger partial charge in [0.1, 0.15) is 11.2 Å². The third-order valence-electron chi connectivity index (χ3n) is 2.93. The number of rotatable bonds is 3. The maximum atomic E-state index is 5.75. The molecule has 2 aromatic rings. The van der Waals surface area contributed by atoms with Gasteiger partial charge in [0.05, 0.1) is 11.8 Å². The largest absolute Gasteiger partial charge is 0.472 e. The van der Waals surface area contributed by atoms with E-state index in [1.54, 1.807) is 0 Å². The van der Waals surface area contributed by atoms with Gasteiger partial charge in [0.15, 0.2) is 0 Å². The van der Waals surface area contributed by atoms with Crippen molar-refractivity contribution in [3.63, 3.8) is 0 Å². The monoisotopic (exact) mass is 311 g/mol. The fourth-order valence-corrected chi connectivity index (χ4v) is 2.49. The number of imidazole rings is 1. The van der Waals surface area contributed by atoms with Gasteiger partial charge in [-0.2, -0.15) is 0 Å². The van der Waals surface area contributed by atoms with Crippen molar-refractivity contribution in [2.24, 2.45) is 0 Å². The summed E-state index contributed by atoms with van der Waals surface area (Å²) in [6.45, 7) is 3.31. The van der Waals surface area contributed by atoms with Crippen LogP contribution in [-0.2, 0) is 4.74 Å². The first kappa shape index (κ1) is 11.9. The molecule has 0 N–H and O–H groups in total. The van der Waals surface area contributed by atoms with Gasteiger partial charge < -0.3 is 9.47 Å². The van der Waals surface area contributed by atoms with Crippen molar-refractivity contribution in [3.8, 4) is 5.88 Å². The zero-order valence-electron chi connectivity index (χ0n) is 10.1. The summed E-state index contributed by atoms with van der Waals surface area (Å²) in [7, 11) is 0. The van der Waals surface area contributed by atoms with E-state index in [1.807, 2.05) is 23.7 Å². The van der Waals surface area contributed by atoms with Gasteiger partial charge in [-0.25, -0.2) is 9.97 Å². The summed E-state index contributed by atoms with van der Waals surface area (Å²) in [6, 6.07) is 0. The molecule has 6 heteroatoms. The lowest BCUT2D eigenvalue weighted by Gasteiger charge is -2.11. The molecule has 5 nitrogen and oxygen atoms in total. The summed E-state index contributed by atoms with van der Waals surface area (Å²) in [6.07, 6.45) is 6.16. The Balaban J connectivity index is 1.85. The number of ether oxygens (including phenoxy) is 2. The molecule has 1 aliphatic heterocycles. The second kappa shape index (κ2) is 4.85. The van der Waals surface area contributed by atoms with Crippen molar-refractivity contribution in [3.05, 3.63) is 22.7 Å². The van der Waals surface area contributed by atoms with Crippen LogP contribution in [0.2, 0.25) is 0 Å². The number of halogens is 1. The smallest absolute Gasteiger partial charge is 0.259 e. The molecule has 1 saturated heterocycles. The first-order valence-electron chi connectivity index (χ1n) is 5.98. The first-order valence-corrected chi connectivity index (χ1v) is 6.78. The van der Waals surface area contributed by atoms with Crippen LogP contribution in [0.3, 0.4) is 0 Å². The van der Waals surface area contributed by atoms with Crippen molar-refractivity contribution in [2.45, 2.75) is 25.9 Å². The van der Waals surface area contributed by atoms with Crippen LogP contribution in [0.5, 0.6) is 5.88 Å². The normalized spacial score (nSPS) is 19.6. The quantitative estimate of drug-likeness (QED) is 0.873. The number of hydrogen-bond donors (Lipinski definition) is 0. The molecule has 0 aromatic carbocycles. The lowest BCUT2D eigenvalue weighted by atomic mass is 10.2. The van der Waals surface area contributed by atoms with Gasteiger partial charge in [-0.1, -0.05) is 0 Å². The van der Waals surface area contributed by atoms with E-state index < -0.39 is 0 Å². The topological polar surface area (TPSA) is 48.7 Å². The summed E-state index contributed by atoms with van der Waals surface area (Å²) < 4.78 is 13.9. The molecule has 1 unspecified atom stereocenters. The lowest BCUT2D eigenvalue weighted by Crippen LogP contribution is -2.17. The Bertz CT molecular complexity index is 564. The Hall–Kier alpha value is -1.14. The van der Waals surface area contributed by atoms with E-state index in [-0.39, 0.29) is 6.10 Å². The predicted octanol–water partition coefficient (Wildman–Crippen LogP) is 2.36. The molecule has 0 radical (unpaired) electrons. The lowest BCUT2D eigenvalue weighted by molar-refractivity contribution is 0.0666. The number of aryl methyl sites for hydroxylation is 1. The highest BCUT2D eigenvalue weighted by molar-refractivity contribution is 9.10. The van der Waals surface area contributed by atoms with Gasteiger partial charge in [0.25, 0.3) is 5.88 Å². The van der Waals surface area contributed by atoms with Gasteiger partial charge in [0.2, 0.25) is 5.65 Å². The average molecular weight is 312 g/mol. The third-order valence-corrected chi connectivity index (χ3v) is 3.31. The Labute approximate surface area is 113 Å². The minimum Gasteiger partial charge on any atom is -0.472 e. The molecule has 0 amide bonds. The number of nitrogens with zero attached hydrogens (tertiary/aromatic N) is 3. The molecule has 0 bridgehead atoms. The maximum Gasteiger partial charge on any atom is 0.259 e. The fourth-order valence-electron chi connectivity index (χ4n) is 2.11. The number of fused-ring (bicyclic) bond motifs is 1. The zero-order valence-corrected chi connectivity index (χ0v) is 11.7. The third kappa shape index (κ3) is 2.35. The molecule has 3 heterocycles. The van der Waals surface area contributed by atoms with Crippen molar-refractivity contribution in [1.82, 2.24) is 14.4 Å². The van der Waals surface area contributed by atoms with Gasteiger partial charge in [-0.05, 0) is 35.7 Å². The van der Waals surface area contributed by atoms with Crippen LogP contribution < -0.4 is 4.74 Å². The van der Waals surface area contributed by atoms with E-state index in [1.165, 1.54) is 0 Å². The molecular weight excluding hydrogens is 298 g/mol. The SMILES string of the molecule is Cc1cn2cc(Br)nc(OCC3CCCO3)c2n1.